The van der Waals surface area contributed by atoms with Gasteiger partial charge in [0.2, 0.25) is 0 Å². The van der Waals surface area contributed by atoms with Crippen molar-refractivity contribution in [2.75, 3.05) is 0 Å². The summed E-state index contributed by atoms with van der Waals surface area (Å²) in [5.41, 5.74) is 8.37. The van der Waals surface area contributed by atoms with Crippen LogP contribution in [-0.4, -0.2) is 4.98 Å². The monoisotopic (exact) mass is 472 g/mol. The van der Waals surface area contributed by atoms with Crippen molar-refractivity contribution in [3.05, 3.63) is 62.7 Å². The SMILES string of the molecule is CC.CC.CC.Cc1c(C#N)c(F)cc(C(C)C)c1C(C)C.Cc1ncc(C(C)C)c(C)c1C. The van der Waals surface area contributed by atoms with Crippen LogP contribution in [0.25, 0.3) is 0 Å². The molecule has 2 aromatic rings. The van der Waals surface area contributed by atoms with Gasteiger partial charge in [-0.3, -0.25) is 4.98 Å². The molecule has 2 rings (SSSR count). The maximum absolute atomic E-state index is 13.7. The van der Waals surface area contributed by atoms with Crippen LogP contribution in [0.3, 0.4) is 0 Å². The number of halogens is 1. The highest BCUT2D eigenvalue weighted by Gasteiger charge is 2.18. The van der Waals surface area contributed by atoms with Crippen LogP contribution in [0, 0.1) is 44.8 Å². The van der Waals surface area contributed by atoms with Crippen LogP contribution in [0.5, 0.6) is 0 Å². The van der Waals surface area contributed by atoms with Crippen LogP contribution < -0.4 is 0 Å². The first-order valence-electron chi connectivity index (χ1n) is 13.1. The van der Waals surface area contributed by atoms with Gasteiger partial charge in [-0.05, 0) is 84.9 Å². The molecular formula is C31H53FN2. The summed E-state index contributed by atoms with van der Waals surface area (Å²) in [4.78, 5) is 4.36. The molecule has 3 heteroatoms. The summed E-state index contributed by atoms with van der Waals surface area (Å²) in [5.74, 6) is 0.772. The first-order chi connectivity index (χ1) is 15.9. The molecule has 0 radical (unpaired) electrons. The summed E-state index contributed by atoms with van der Waals surface area (Å²) < 4.78 is 13.7. The van der Waals surface area contributed by atoms with E-state index in [1.807, 2.05) is 74.6 Å². The summed E-state index contributed by atoms with van der Waals surface area (Å²) in [5, 5.41) is 8.94. The Morgan fingerprint density at radius 2 is 1.15 bits per heavy atom. The fraction of sp³-hybridized carbons (Fsp3) is 0.613. The van der Waals surface area contributed by atoms with E-state index in [4.69, 9.17) is 5.26 Å². The van der Waals surface area contributed by atoms with Crippen molar-refractivity contribution in [3.63, 3.8) is 0 Å². The fourth-order valence-electron chi connectivity index (χ4n) is 3.63. The number of nitriles is 1. The van der Waals surface area contributed by atoms with Crippen molar-refractivity contribution in [2.45, 2.75) is 129 Å². The highest BCUT2D eigenvalue weighted by molar-refractivity contribution is 5.49. The molecule has 34 heavy (non-hydrogen) atoms. The summed E-state index contributed by atoms with van der Waals surface area (Å²) in [6, 6.07) is 3.47. The largest absolute Gasteiger partial charge is 0.261 e. The predicted octanol–water partition coefficient (Wildman–Crippen LogP) is 10.5. The molecule has 0 saturated carbocycles. The smallest absolute Gasteiger partial charge is 0.141 e. The molecule has 194 valence electrons. The van der Waals surface area contributed by atoms with Crippen LogP contribution in [0.4, 0.5) is 4.39 Å². The molecule has 0 saturated heterocycles. The second kappa shape index (κ2) is 19.1. The van der Waals surface area contributed by atoms with Crippen LogP contribution in [0.1, 0.15) is 145 Å². The van der Waals surface area contributed by atoms with Gasteiger partial charge in [-0.2, -0.15) is 5.26 Å². The third-order valence-electron chi connectivity index (χ3n) is 5.48. The highest BCUT2D eigenvalue weighted by atomic mass is 19.1. The van der Waals surface area contributed by atoms with E-state index in [1.54, 1.807) is 0 Å². The van der Waals surface area contributed by atoms with Crippen LogP contribution in [0.2, 0.25) is 0 Å². The quantitative estimate of drug-likeness (QED) is 0.445. The molecule has 0 fully saturated rings. The zero-order chi connectivity index (χ0) is 27.8. The van der Waals surface area contributed by atoms with Crippen LogP contribution in [0.15, 0.2) is 12.3 Å². The second-order valence-electron chi connectivity index (χ2n) is 8.49. The predicted molar refractivity (Wildman–Crippen MR) is 151 cm³/mol. The van der Waals surface area contributed by atoms with Gasteiger partial charge < -0.3 is 0 Å². The van der Waals surface area contributed by atoms with Crippen LogP contribution in [-0.2, 0) is 0 Å². The molecular weight excluding hydrogens is 419 g/mol. The zero-order valence-corrected chi connectivity index (χ0v) is 25.2. The topological polar surface area (TPSA) is 36.7 Å². The average molecular weight is 473 g/mol. The van der Waals surface area contributed by atoms with Gasteiger partial charge in [0.05, 0.1) is 5.56 Å². The maximum atomic E-state index is 13.7. The van der Waals surface area contributed by atoms with Gasteiger partial charge in [-0.25, -0.2) is 4.39 Å². The van der Waals surface area contributed by atoms with Gasteiger partial charge >= 0.3 is 0 Å². The normalized spacial score (nSPS) is 9.50. The van der Waals surface area contributed by atoms with E-state index in [-0.39, 0.29) is 11.5 Å². The van der Waals surface area contributed by atoms with Crippen molar-refractivity contribution < 1.29 is 4.39 Å². The minimum absolute atomic E-state index is 0.188. The van der Waals surface area contributed by atoms with Crippen molar-refractivity contribution in [1.82, 2.24) is 4.98 Å². The van der Waals surface area contributed by atoms with E-state index in [2.05, 4.69) is 53.5 Å². The Labute approximate surface area is 212 Å². The number of nitrogens with zero attached hydrogens (tertiary/aromatic N) is 2. The van der Waals surface area contributed by atoms with E-state index in [1.165, 1.54) is 22.8 Å². The molecule has 1 aromatic heterocycles. The van der Waals surface area contributed by atoms with Crippen molar-refractivity contribution >= 4 is 0 Å². The standard InChI is InChI=1S/C14H18FN.C11H17N.3C2H6/c1-8(2)11-6-13(15)12(7-16)10(5)14(11)9(3)4;1-7(2)11-6-12-10(5)8(3)9(11)4;3*1-2/h6,8-9H,1-5H3;6-7H,1-5H3;3*1-2H3. The lowest BCUT2D eigenvalue weighted by molar-refractivity contribution is 0.613. The first-order valence-corrected chi connectivity index (χ1v) is 13.1. The Balaban J connectivity index is -0.000000474. The molecule has 0 aliphatic heterocycles. The summed E-state index contributed by atoms with van der Waals surface area (Å²) >= 11 is 0. The fourth-order valence-corrected chi connectivity index (χ4v) is 3.63. The number of rotatable bonds is 3. The minimum Gasteiger partial charge on any atom is -0.261 e. The lowest BCUT2D eigenvalue weighted by atomic mass is 9.85. The van der Waals surface area contributed by atoms with E-state index in [0.717, 1.165) is 22.4 Å². The minimum atomic E-state index is -0.395. The summed E-state index contributed by atoms with van der Waals surface area (Å²) in [6.45, 7) is 32.9. The molecule has 0 aliphatic rings. The molecule has 2 nitrogen and oxygen atoms in total. The lowest BCUT2D eigenvalue weighted by Gasteiger charge is -2.20. The van der Waals surface area contributed by atoms with E-state index in [0.29, 0.717) is 11.8 Å². The molecule has 0 unspecified atom stereocenters. The summed E-state index contributed by atoms with van der Waals surface area (Å²) in [6.07, 6.45) is 2.00. The zero-order valence-electron chi connectivity index (χ0n) is 25.2. The highest BCUT2D eigenvalue weighted by Crippen LogP contribution is 2.32. The molecule has 0 N–H and O–H groups in total. The third-order valence-corrected chi connectivity index (χ3v) is 5.48. The van der Waals surface area contributed by atoms with Crippen molar-refractivity contribution in [1.29, 1.82) is 5.26 Å². The number of hydrogen-bond donors (Lipinski definition) is 0. The number of aryl methyl sites for hydroxylation is 1. The van der Waals surface area contributed by atoms with Gasteiger partial charge in [0.25, 0.3) is 0 Å². The third kappa shape index (κ3) is 10.4. The Morgan fingerprint density at radius 3 is 1.50 bits per heavy atom. The van der Waals surface area contributed by atoms with E-state index >= 15 is 0 Å². The molecule has 0 atom stereocenters. The molecule has 0 aliphatic carbocycles. The number of benzene rings is 1. The number of aromatic nitrogens is 1. The lowest BCUT2D eigenvalue weighted by Crippen LogP contribution is -2.05. The Hall–Kier alpha value is -2.21. The van der Waals surface area contributed by atoms with Gasteiger partial charge in [-0.1, -0.05) is 83.1 Å². The second-order valence-corrected chi connectivity index (χ2v) is 8.49. The van der Waals surface area contributed by atoms with Crippen molar-refractivity contribution in [2.24, 2.45) is 0 Å². The van der Waals surface area contributed by atoms with Crippen LogP contribution >= 0.6 is 0 Å². The summed E-state index contributed by atoms with van der Waals surface area (Å²) in [7, 11) is 0. The van der Waals surface area contributed by atoms with Crippen molar-refractivity contribution in [3.8, 4) is 6.07 Å². The van der Waals surface area contributed by atoms with Gasteiger partial charge in [0, 0.05) is 11.9 Å². The Morgan fingerprint density at radius 1 is 0.706 bits per heavy atom. The average Bonchev–Trinajstić information content (AvgIpc) is 2.81. The number of hydrogen-bond acceptors (Lipinski definition) is 2. The Bertz CT molecular complexity index is 872. The maximum Gasteiger partial charge on any atom is 0.141 e. The molecule has 0 spiro atoms. The van der Waals surface area contributed by atoms with E-state index in [9.17, 15) is 4.39 Å². The Kier molecular flexibility index (Phi) is 20.5. The van der Waals surface area contributed by atoms with Gasteiger partial charge in [0.1, 0.15) is 11.9 Å². The van der Waals surface area contributed by atoms with E-state index < -0.39 is 5.82 Å². The number of pyridine rings is 1. The molecule has 1 aromatic carbocycles. The van der Waals surface area contributed by atoms with Gasteiger partial charge in [-0.15, -0.1) is 0 Å². The first kappa shape index (κ1) is 36.4. The molecule has 0 amide bonds. The molecule has 0 bridgehead atoms. The van der Waals surface area contributed by atoms with Gasteiger partial charge in [0.15, 0.2) is 0 Å². The molecule has 1 heterocycles.